The number of hydroxylamine groups is 1. The highest BCUT2D eigenvalue weighted by molar-refractivity contribution is 7.11. The van der Waals surface area contributed by atoms with Crippen molar-refractivity contribution in [2.75, 3.05) is 25.2 Å². The summed E-state index contributed by atoms with van der Waals surface area (Å²) in [6.45, 7) is 1.24. The number of thiophene rings is 2. The summed E-state index contributed by atoms with van der Waals surface area (Å²) in [6, 6.07) is 28.5. The fourth-order valence-electron chi connectivity index (χ4n) is 5.53. The molecule has 2 fully saturated rings. The van der Waals surface area contributed by atoms with E-state index in [0.717, 1.165) is 26.6 Å². The largest absolute Gasteiger partial charge is 0.301 e. The first-order valence-corrected chi connectivity index (χ1v) is 13.5. The van der Waals surface area contributed by atoms with Crippen LogP contribution in [0.4, 0.5) is 5.69 Å². The Kier molecular flexibility index (Phi) is 5.90. The predicted octanol–water partition coefficient (Wildman–Crippen LogP) is 6.63. The summed E-state index contributed by atoms with van der Waals surface area (Å²) in [4.78, 5) is 26.0. The SMILES string of the molecule is CN1C/C(=C\c2cccs2)C(=O)C2(C1)[C@@H](c1cccs1)ON(c1ccccc1)[C@@H]2c1ccccc1. The molecule has 2 aromatic heterocycles. The Balaban J connectivity index is 1.58. The molecule has 4 heterocycles. The summed E-state index contributed by atoms with van der Waals surface area (Å²) in [5.41, 5.74) is 2.05. The minimum absolute atomic E-state index is 0.176. The third-order valence-corrected chi connectivity index (χ3v) is 8.62. The summed E-state index contributed by atoms with van der Waals surface area (Å²) in [5, 5.41) is 6.10. The molecule has 2 aliphatic heterocycles. The molecule has 1 unspecified atom stereocenters. The van der Waals surface area contributed by atoms with Crippen molar-refractivity contribution in [1.29, 1.82) is 0 Å². The van der Waals surface area contributed by atoms with Crippen molar-refractivity contribution >= 4 is 40.2 Å². The van der Waals surface area contributed by atoms with Gasteiger partial charge in [0.25, 0.3) is 0 Å². The van der Waals surface area contributed by atoms with Crippen LogP contribution >= 0.6 is 22.7 Å². The van der Waals surface area contributed by atoms with E-state index in [4.69, 9.17) is 4.84 Å². The smallest absolute Gasteiger partial charge is 0.173 e. The maximum absolute atomic E-state index is 14.7. The quantitative estimate of drug-likeness (QED) is 0.296. The van der Waals surface area contributed by atoms with Crippen molar-refractivity contribution in [2.45, 2.75) is 12.1 Å². The van der Waals surface area contributed by atoms with Gasteiger partial charge in [0.15, 0.2) is 5.78 Å². The molecule has 6 rings (SSSR count). The Morgan fingerprint density at radius 1 is 0.914 bits per heavy atom. The van der Waals surface area contributed by atoms with Crippen LogP contribution in [0.2, 0.25) is 0 Å². The molecule has 2 aliphatic rings. The van der Waals surface area contributed by atoms with E-state index < -0.39 is 11.5 Å². The molecule has 0 aliphatic carbocycles. The first kappa shape index (κ1) is 22.4. The second-order valence-corrected chi connectivity index (χ2v) is 11.2. The molecule has 1 spiro atoms. The highest BCUT2D eigenvalue weighted by Crippen LogP contribution is 2.60. The van der Waals surface area contributed by atoms with Crippen LogP contribution in [0.15, 0.2) is 101 Å². The topological polar surface area (TPSA) is 32.8 Å². The van der Waals surface area contributed by atoms with Crippen molar-refractivity contribution in [1.82, 2.24) is 4.90 Å². The maximum atomic E-state index is 14.7. The third-order valence-electron chi connectivity index (χ3n) is 6.88. The molecule has 0 amide bonds. The van der Waals surface area contributed by atoms with Gasteiger partial charge >= 0.3 is 0 Å². The van der Waals surface area contributed by atoms with E-state index in [1.807, 2.05) is 53.6 Å². The first-order chi connectivity index (χ1) is 17.2. The molecule has 35 heavy (non-hydrogen) atoms. The highest BCUT2D eigenvalue weighted by atomic mass is 32.1. The lowest BCUT2D eigenvalue weighted by molar-refractivity contribution is -0.133. The number of likely N-dealkylation sites (N-methyl/N-ethyl adjacent to an activating group) is 1. The number of carbonyl (C=O) groups excluding carboxylic acids is 1. The molecular formula is C29H26N2O2S2. The van der Waals surface area contributed by atoms with Gasteiger partial charge in [0, 0.05) is 28.4 Å². The van der Waals surface area contributed by atoms with E-state index >= 15 is 0 Å². The van der Waals surface area contributed by atoms with E-state index in [1.54, 1.807) is 22.7 Å². The van der Waals surface area contributed by atoms with Crippen molar-refractivity contribution in [3.05, 3.63) is 117 Å². The monoisotopic (exact) mass is 498 g/mol. The molecule has 4 nitrogen and oxygen atoms in total. The molecule has 2 saturated heterocycles. The average Bonchev–Trinajstić information content (AvgIpc) is 3.64. The Morgan fingerprint density at radius 2 is 1.63 bits per heavy atom. The second kappa shape index (κ2) is 9.21. The summed E-state index contributed by atoms with van der Waals surface area (Å²) in [7, 11) is 2.11. The van der Waals surface area contributed by atoms with Crippen molar-refractivity contribution < 1.29 is 9.63 Å². The van der Waals surface area contributed by atoms with Crippen LogP contribution in [0.1, 0.15) is 27.5 Å². The number of hydrogen-bond donors (Lipinski definition) is 0. The fraction of sp³-hybridized carbons (Fsp3) is 0.207. The fourth-order valence-corrected chi connectivity index (χ4v) is 7.06. The van der Waals surface area contributed by atoms with Gasteiger partial charge in [-0.05, 0) is 53.7 Å². The van der Waals surface area contributed by atoms with Gasteiger partial charge in [-0.25, -0.2) is 5.06 Å². The van der Waals surface area contributed by atoms with Crippen LogP contribution in [0.3, 0.4) is 0 Å². The summed E-state index contributed by atoms with van der Waals surface area (Å²) >= 11 is 3.31. The lowest BCUT2D eigenvalue weighted by atomic mass is 9.65. The van der Waals surface area contributed by atoms with Gasteiger partial charge in [0.2, 0.25) is 0 Å². The summed E-state index contributed by atoms with van der Waals surface area (Å²) in [5.74, 6) is 0.176. The third kappa shape index (κ3) is 3.87. The Bertz CT molecular complexity index is 1320. The number of anilines is 1. The Labute approximate surface area is 213 Å². The van der Waals surface area contributed by atoms with E-state index in [9.17, 15) is 4.79 Å². The van der Waals surface area contributed by atoms with Crippen LogP contribution in [0, 0.1) is 5.41 Å². The number of carbonyl (C=O) groups is 1. The van der Waals surface area contributed by atoms with Crippen LogP contribution in [-0.4, -0.2) is 30.8 Å². The lowest BCUT2D eigenvalue weighted by Crippen LogP contribution is -2.54. The van der Waals surface area contributed by atoms with Gasteiger partial charge in [-0.1, -0.05) is 60.7 Å². The van der Waals surface area contributed by atoms with Gasteiger partial charge in [0.05, 0.1) is 11.7 Å². The Hall–Kier alpha value is -3.03. The minimum atomic E-state index is -0.807. The normalized spacial score (nSPS) is 26.1. The van der Waals surface area contributed by atoms with E-state index in [2.05, 4.69) is 65.2 Å². The Morgan fingerprint density at radius 3 is 2.31 bits per heavy atom. The number of hydrogen-bond acceptors (Lipinski definition) is 6. The van der Waals surface area contributed by atoms with Crippen molar-refractivity contribution in [3.8, 4) is 0 Å². The standard InChI is InChI=1S/C29H26N2O2S2/c1-30-19-22(18-24-14-8-16-34-24)27(32)29(20-30)26(21-10-4-2-5-11-21)31(23-12-6-3-7-13-23)33-28(29)25-15-9-17-35-25/h2-18,26,28H,19-20H2,1H3/b22-18+/t26-,28-,29?/m1/s1. The molecule has 0 radical (unpaired) electrons. The lowest BCUT2D eigenvalue weighted by Gasteiger charge is -2.44. The average molecular weight is 499 g/mol. The molecule has 2 aromatic carbocycles. The molecule has 4 aromatic rings. The van der Waals surface area contributed by atoms with E-state index in [0.29, 0.717) is 13.1 Å². The van der Waals surface area contributed by atoms with Crippen molar-refractivity contribution in [3.63, 3.8) is 0 Å². The van der Waals surface area contributed by atoms with Crippen LogP contribution in [-0.2, 0) is 9.63 Å². The number of para-hydroxylation sites is 1. The number of likely N-dealkylation sites (tertiary alicyclic amines) is 1. The first-order valence-electron chi connectivity index (χ1n) is 11.7. The molecule has 3 atom stereocenters. The predicted molar refractivity (Wildman–Crippen MR) is 143 cm³/mol. The van der Waals surface area contributed by atoms with Gasteiger partial charge in [-0.15, -0.1) is 22.7 Å². The molecule has 0 bridgehead atoms. The molecule has 0 N–H and O–H groups in total. The van der Waals surface area contributed by atoms with Crippen molar-refractivity contribution in [2.24, 2.45) is 5.41 Å². The molecule has 0 saturated carbocycles. The molecular weight excluding hydrogens is 472 g/mol. The second-order valence-electron chi connectivity index (χ2n) is 9.20. The van der Waals surface area contributed by atoms with Crippen LogP contribution in [0.5, 0.6) is 0 Å². The number of piperidine rings is 1. The number of benzene rings is 2. The number of ketones is 1. The van der Waals surface area contributed by atoms with Gasteiger partial charge < -0.3 is 4.90 Å². The zero-order valence-corrected chi connectivity index (χ0v) is 21.0. The minimum Gasteiger partial charge on any atom is -0.301 e. The zero-order chi connectivity index (χ0) is 23.8. The van der Waals surface area contributed by atoms with E-state index in [1.165, 1.54) is 0 Å². The number of Topliss-reactive ketones (excluding diaryl/α,β-unsaturated/α-hetero) is 1. The number of nitrogens with zero attached hydrogens (tertiary/aromatic N) is 2. The van der Waals surface area contributed by atoms with Gasteiger partial charge in [-0.3, -0.25) is 9.63 Å². The van der Waals surface area contributed by atoms with Crippen LogP contribution < -0.4 is 5.06 Å². The summed E-state index contributed by atoms with van der Waals surface area (Å²) in [6.07, 6.45) is 1.68. The molecule has 176 valence electrons. The zero-order valence-electron chi connectivity index (χ0n) is 19.4. The van der Waals surface area contributed by atoms with Gasteiger partial charge in [0.1, 0.15) is 11.5 Å². The number of rotatable bonds is 4. The summed E-state index contributed by atoms with van der Waals surface area (Å²) < 4.78 is 0. The van der Waals surface area contributed by atoms with Crippen LogP contribution in [0.25, 0.3) is 6.08 Å². The van der Waals surface area contributed by atoms with E-state index in [-0.39, 0.29) is 11.8 Å². The maximum Gasteiger partial charge on any atom is 0.173 e. The molecule has 6 heteroatoms. The van der Waals surface area contributed by atoms with Gasteiger partial charge in [-0.2, -0.15) is 0 Å². The highest BCUT2D eigenvalue weighted by Gasteiger charge is 2.64.